The lowest BCUT2D eigenvalue weighted by Gasteiger charge is -2.09. The normalized spacial score (nSPS) is 13.9. The number of benzene rings is 1. The van der Waals surface area contributed by atoms with Gasteiger partial charge in [-0.2, -0.15) is 5.26 Å². The van der Waals surface area contributed by atoms with E-state index in [-0.39, 0.29) is 0 Å². The molecule has 0 fully saturated rings. The first-order valence-electron chi connectivity index (χ1n) is 7.15. The SMILES string of the molecule is COc1ccc(C=Nc2sc3c(c2C#N)CCCC3)cc1Br. The Morgan fingerprint density at radius 3 is 2.91 bits per heavy atom. The van der Waals surface area contributed by atoms with Gasteiger partial charge >= 0.3 is 0 Å². The van der Waals surface area contributed by atoms with Crippen molar-refractivity contribution in [3.63, 3.8) is 0 Å². The van der Waals surface area contributed by atoms with Crippen LogP contribution in [0.1, 0.15) is 34.4 Å². The molecule has 0 amide bonds. The minimum Gasteiger partial charge on any atom is -0.496 e. The summed E-state index contributed by atoms with van der Waals surface area (Å²) in [6.07, 6.45) is 6.29. The lowest BCUT2D eigenvalue weighted by molar-refractivity contribution is 0.412. The minimum absolute atomic E-state index is 0.767. The lowest BCUT2D eigenvalue weighted by atomic mass is 9.96. The number of methoxy groups -OCH3 is 1. The minimum atomic E-state index is 0.767. The van der Waals surface area contributed by atoms with Crippen LogP contribution >= 0.6 is 27.3 Å². The van der Waals surface area contributed by atoms with Gasteiger partial charge in [0.05, 0.1) is 17.1 Å². The molecule has 0 radical (unpaired) electrons. The van der Waals surface area contributed by atoms with Crippen molar-refractivity contribution in [2.24, 2.45) is 4.99 Å². The molecular formula is C17H15BrN2OS. The van der Waals surface area contributed by atoms with Crippen molar-refractivity contribution in [1.29, 1.82) is 5.26 Å². The number of thiophene rings is 1. The number of aliphatic imine (C=N–C) groups is 1. The molecule has 1 heterocycles. The van der Waals surface area contributed by atoms with Gasteiger partial charge in [-0.25, -0.2) is 4.99 Å². The third kappa shape index (κ3) is 2.94. The average molecular weight is 375 g/mol. The van der Waals surface area contributed by atoms with Crippen molar-refractivity contribution in [3.8, 4) is 11.8 Å². The Morgan fingerprint density at radius 1 is 1.36 bits per heavy atom. The highest BCUT2D eigenvalue weighted by atomic mass is 79.9. The molecule has 0 aliphatic heterocycles. The Labute approximate surface area is 142 Å². The van der Waals surface area contributed by atoms with Crippen LogP contribution in [-0.4, -0.2) is 13.3 Å². The van der Waals surface area contributed by atoms with Crippen LogP contribution in [0.2, 0.25) is 0 Å². The summed E-state index contributed by atoms with van der Waals surface area (Å²) in [5.74, 6) is 0.793. The quantitative estimate of drug-likeness (QED) is 0.707. The van der Waals surface area contributed by atoms with E-state index in [9.17, 15) is 5.26 Å². The number of hydrogen-bond donors (Lipinski definition) is 0. The smallest absolute Gasteiger partial charge is 0.134 e. The van der Waals surface area contributed by atoms with Gasteiger partial charge in [-0.3, -0.25) is 0 Å². The molecule has 3 rings (SSSR count). The molecule has 5 heteroatoms. The second-order valence-corrected chi connectivity index (χ2v) is 7.09. The number of halogens is 1. The summed E-state index contributed by atoms with van der Waals surface area (Å²) in [6, 6.07) is 8.15. The Kier molecular flexibility index (Phi) is 4.60. The number of hydrogen-bond acceptors (Lipinski definition) is 4. The highest BCUT2D eigenvalue weighted by Crippen LogP contribution is 2.39. The van der Waals surface area contributed by atoms with E-state index >= 15 is 0 Å². The molecule has 1 aromatic heterocycles. The van der Waals surface area contributed by atoms with Crippen molar-refractivity contribution in [2.75, 3.05) is 7.11 Å². The van der Waals surface area contributed by atoms with Crippen LogP contribution < -0.4 is 4.74 Å². The summed E-state index contributed by atoms with van der Waals surface area (Å²) in [4.78, 5) is 5.90. The molecule has 3 nitrogen and oxygen atoms in total. The van der Waals surface area contributed by atoms with E-state index in [0.29, 0.717) is 0 Å². The average Bonchev–Trinajstić information content (AvgIpc) is 2.90. The van der Waals surface area contributed by atoms with Gasteiger partial charge in [0, 0.05) is 11.1 Å². The first-order valence-corrected chi connectivity index (χ1v) is 8.76. The summed E-state index contributed by atoms with van der Waals surface area (Å²) in [6.45, 7) is 0. The second-order valence-electron chi connectivity index (χ2n) is 5.16. The number of nitriles is 1. The third-order valence-corrected chi connectivity index (χ3v) is 5.59. The summed E-state index contributed by atoms with van der Waals surface area (Å²) in [7, 11) is 1.64. The number of fused-ring (bicyclic) bond motifs is 1. The molecule has 0 atom stereocenters. The molecule has 2 aromatic rings. The maximum absolute atomic E-state index is 9.43. The molecule has 22 heavy (non-hydrogen) atoms. The first kappa shape index (κ1) is 15.3. The van der Waals surface area contributed by atoms with Gasteiger partial charge in [0.25, 0.3) is 0 Å². The van der Waals surface area contributed by atoms with Gasteiger partial charge in [0.2, 0.25) is 0 Å². The number of aryl methyl sites for hydroxylation is 1. The number of rotatable bonds is 3. The zero-order valence-electron chi connectivity index (χ0n) is 12.2. The van der Waals surface area contributed by atoms with Crippen LogP contribution in [0.5, 0.6) is 5.75 Å². The predicted octanol–water partition coefficient (Wildman–Crippen LogP) is 5.02. The molecule has 0 bridgehead atoms. The molecule has 1 aromatic carbocycles. The molecule has 0 unspecified atom stereocenters. The molecule has 0 saturated carbocycles. The fourth-order valence-corrected chi connectivity index (χ4v) is 4.40. The Hall–Kier alpha value is -1.64. The zero-order chi connectivity index (χ0) is 15.5. The van der Waals surface area contributed by atoms with Gasteiger partial charge in [0.15, 0.2) is 0 Å². The standard InChI is InChI=1S/C17H15BrN2OS/c1-21-15-7-6-11(8-14(15)18)10-20-17-13(9-19)12-4-2-3-5-16(12)22-17/h6-8,10H,2-5H2,1H3. The van der Waals surface area contributed by atoms with Gasteiger partial charge in [-0.1, -0.05) is 0 Å². The van der Waals surface area contributed by atoms with Gasteiger partial charge < -0.3 is 4.74 Å². The Balaban J connectivity index is 1.91. The fourth-order valence-electron chi connectivity index (χ4n) is 2.65. The van der Waals surface area contributed by atoms with E-state index in [0.717, 1.165) is 39.2 Å². The molecule has 0 N–H and O–H groups in total. The number of ether oxygens (including phenoxy) is 1. The van der Waals surface area contributed by atoms with Crippen LogP contribution in [0.3, 0.4) is 0 Å². The van der Waals surface area contributed by atoms with Gasteiger partial charge in [0.1, 0.15) is 16.8 Å². The van der Waals surface area contributed by atoms with Crippen molar-refractivity contribution < 1.29 is 4.74 Å². The Bertz CT molecular complexity index is 774. The van der Waals surface area contributed by atoms with Crippen LogP contribution in [0, 0.1) is 11.3 Å². The van der Waals surface area contributed by atoms with Crippen molar-refractivity contribution in [2.45, 2.75) is 25.7 Å². The highest BCUT2D eigenvalue weighted by Gasteiger charge is 2.20. The van der Waals surface area contributed by atoms with Crippen molar-refractivity contribution in [1.82, 2.24) is 0 Å². The predicted molar refractivity (Wildman–Crippen MR) is 93.6 cm³/mol. The molecule has 1 aliphatic rings. The molecule has 0 spiro atoms. The van der Waals surface area contributed by atoms with Crippen molar-refractivity contribution in [3.05, 3.63) is 44.2 Å². The van der Waals surface area contributed by atoms with Crippen LogP contribution in [0.25, 0.3) is 0 Å². The van der Waals surface area contributed by atoms with E-state index in [1.165, 1.54) is 23.3 Å². The lowest BCUT2D eigenvalue weighted by Crippen LogP contribution is -1.99. The summed E-state index contributed by atoms with van der Waals surface area (Å²) in [5, 5.41) is 10.3. The van der Waals surface area contributed by atoms with E-state index in [1.807, 2.05) is 24.4 Å². The summed E-state index contributed by atoms with van der Waals surface area (Å²) < 4.78 is 6.12. The van der Waals surface area contributed by atoms with Gasteiger partial charge in [-0.15, -0.1) is 11.3 Å². The topological polar surface area (TPSA) is 45.4 Å². The van der Waals surface area contributed by atoms with E-state index in [2.05, 4.69) is 27.0 Å². The molecule has 1 aliphatic carbocycles. The van der Waals surface area contributed by atoms with Crippen LogP contribution in [0.15, 0.2) is 27.7 Å². The van der Waals surface area contributed by atoms with Crippen LogP contribution in [-0.2, 0) is 12.8 Å². The van der Waals surface area contributed by atoms with Crippen molar-refractivity contribution >= 4 is 38.5 Å². The third-order valence-electron chi connectivity index (χ3n) is 3.77. The second kappa shape index (κ2) is 6.64. The maximum Gasteiger partial charge on any atom is 0.134 e. The summed E-state index contributed by atoms with van der Waals surface area (Å²) in [5.41, 5.74) is 2.97. The number of nitrogens with zero attached hydrogens (tertiary/aromatic N) is 2. The van der Waals surface area contributed by atoms with E-state index < -0.39 is 0 Å². The zero-order valence-corrected chi connectivity index (χ0v) is 14.6. The van der Waals surface area contributed by atoms with E-state index in [4.69, 9.17) is 4.74 Å². The van der Waals surface area contributed by atoms with Crippen LogP contribution in [0.4, 0.5) is 5.00 Å². The monoisotopic (exact) mass is 374 g/mol. The van der Waals surface area contributed by atoms with Gasteiger partial charge in [-0.05, 0) is 70.9 Å². The first-order chi connectivity index (χ1) is 10.7. The Morgan fingerprint density at radius 2 is 2.18 bits per heavy atom. The largest absolute Gasteiger partial charge is 0.496 e. The molecule has 112 valence electrons. The summed E-state index contributed by atoms with van der Waals surface area (Å²) >= 11 is 5.13. The van der Waals surface area contributed by atoms with E-state index in [1.54, 1.807) is 18.4 Å². The molecular weight excluding hydrogens is 360 g/mol. The fraction of sp³-hybridized carbons (Fsp3) is 0.294. The molecule has 0 saturated heterocycles. The highest BCUT2D eigenvalue weighted by molar-refractivity contribution is 9.10. The maximum atomic E-state index is 9.43.